The number of hydrogen-bond donors (Lipinski definition) is 0. The fourth-order valence-electron chi connectivity index (χ4n) is 1.23. The molecule has 0 N–H and O–H groups in total. The number of morpholine rings is 1. The molecule has 1 aliphatic rings. The molecule has 0 aromatic carbocycles. The Morgan fingerprint density at radius 2 is 2.21 bits per heavy atom. The van der Waals surface area contributed by atoms with Gasteiger partial charge in [-0.2, -0.15) is 0 Å². The van der Waals surface area contributed by atoms with Crippen LogP contribution in [0.3, 0.4) is 0 Å². The first kappa shape index (κ1) is 13.4. The van der Waals surface area contributed by atoms with Gasteiger partial charge in [0.25, 0.3) is 0 Å². The van der Waals surface area contributed by atoms with Gasteiger partial charge in [0.1, 0.15) is 0 Å². The number of carbonyl (C=O) groups is 1. The van der Waals surface area contributed by atoms with Crippen LogP contribution in [0, 0.1) is 0 Å². The lowest BCUT2D eigenvalue weighted by atomic mass is 10.2. The highest BCUT2D eigenvalue weighted by molar-refractivity contribution is 5.69. The topological polar surface area (TPSA) is 38.8 Å². The summed E-state index contributed by atoms with van der Waals surface area (Å²) in [7, 11) is 3.40. The number of rotatable bonds is 2. The van der Waals surface area contributed by atoms with Gasteiger partial charge >= 0.3 is 5.97 Å². The Kier molecular flexibility index (Phi) is 7.42. The predicted molar refractivity (Wildman–Crippen MR) is 55.2 cm³/mol. The van der Waals surface area contributed by atoms with Gasteiger partial charge in [0, 0.05) is 12.6 Å². The van der Waals surface area contributed by atoms with Crippen molar-refractivity contribution in [3.05, 3.63) is 0 Å². The van der Waals surface area contributed by atoms with Gasteiger partial charge in [-0.1, -0.05) is 13.8 Å². The number of esters is 1. The third kappa shape index (κ3) is 4.58. The molecule has 1 atom stereocenters. The lowest BCUT2D eigenvalue weighted by Crippen LogP contribution is -2.44. The molecule has 1 saturated heterocycles. The quantitative estimate of drug-likeness (QED) is 0.625. The lowest BCUT2D eigenvalue weighted by molar-refractivity contribution is -0.143. The summed E-state index contributed by atoms with van der Waals surface area (Å²) in [5, 5.41) is 0. The minimum atomic E-state index is -0.169. The van der Waals surface area contributed by atoms with Gasteiger partial charge < -0.3 is 9.47 Å². The Bertz CT molecular complexity index is 161. The van der Waals surface area contributed by atoms with Gasteiger partial charge in [-0.25, -0.2) is 0 Å². The molecule has 1 rings (SSSR count). The van der Waals surface area contributed by atoms with Crippen molar-refractivity contribution < 1.29 is 14.3 Å². The fourth-order valence-corrected chi connectivity index (χ4v) is 1.23. The van der Waals surface area contributed by atoms with E-state index in [-0.39, 0.29) is 12.0 Å². The summed E-state index contributed by atoms with van der Waals surface area (Å²) in [4.78, 5) is 13.0. The fraction of sp³-hybridized carbons (Fsp3) is 0.900. The van der Waals surface area contributed by atoms with E-state index in [0.29, 0.717) is 13.0 Å². The first-order chi connectivity index (χ1) is 6.74. The average molecular weight is 203 g/mol. The van der Waals surface area contributed by atoms with Crippen molar-refractivity contribution in [3.8, 4) is 0 Å². The maximum atomic E-state index is 10.9. The highest BCUT2D eigenvalue weighted by Crippen LogP contribution is 2.08. The summed E-state index contributed by atoms with van der Waals surface area (Å²) in [6, 6.07) is 0.186. The highest BCUT2D eigenvalue weighted by Gasteiger charge is 2.22. The van der Waals surface area contributed by atoms with Crippen LogP contribution in [0.25, 0.3) is 0 Å². The van der Waals surface area contributed by atoms with E-state index in [4.69, 9.17) is 4.74 Å². The molecule has 1 heterocycles. The van der Waals surface area contributed by atoms with E-state index in [1.165, 1.54) is 7.11 Å². The minimum Gasteiger partial charge on any atom is -0.469 e. The Morgan fingerprint density at radius 1 is 1.57 bits per heavy atom. The summed E-state index contributed by atoms with van der Waals surface area (Å²) in [5.41, 5.74) is 0. The van der Waals surface area contributed by atoms with Gasteiger partial charge in [0.05, 0.1) is 26.7 Å². The predicted octanol–water partition coefficient (Wildman–Crippen LogP) is 0.906. The maximum Gasteiger partial charge on any atom is 0.307 e. The molecule has 0 spiro atoms. The van der Waals surface area contributed by atoms with E-state index in [1.54, 1.807) is 0 Å². The summed E-state index contributed by atoms with van der Waals surface area (Å²) in [6.07, 6.45) is 0.424. The molecule has 0 radical (unpaired) electrons. The third-order valence-electron chi connectivity index (χ3n) is 2.15. The second-order valence-electron chi connectivity index (χ2n) is 2.99. The molecule has 0 aliphatic carbocycles. The van der Waals surface area contributed by atoms with E-state index >= 15 is 0 Å². The van der Waals surface area contributed by atoms with Gasteiger partial charge in [-0.05, 0) is 7.05 Å². The number of methoxy groups -OCH3 is 1. The van der Waals surface area contributed by atoms with Crippen LogP contribution in [0.5, 0.6) is 0 Å². The van der Waals surface area contributed by atoms with Crippen molar-refractivity contribution in [3.63, 3.8) is 0 Å². The van der Waals surface area contributed by atoms with Crippen LogP contribution in [0.4, 0.5) is 0 Å². The van der Waals surface area contributed by atoms with Gasteiger partial charge in [-0.3, -0.25) is 9.69 Å². The van der Waals surface area contributed by atoms with E-state index in [2.05, 4.69) is 9.64 Å². The van der Waals surface area contributed by atoms with E-state index in [0.717, 1.165) is 13.2 Å². The molecule has 0 aromatic heterocycles. The molecule has 0 bridgehead atoms. The van der Waals surface area contributed by atoms with Crippen LogP contribution in [0.2, 0.25) is 0 Å². The summed E-state index contributed by atoms with van der Waals surface area (Å²) < 4.78 is 9.83. The number of carbonyl (C=O) groups excluding carboxylic acids is 1. The normalized spacial score (nSPS) is 22.1. The highest BCUT2D eigenvalue weighted by atomic mass is 16.5. The third-order valence-corrected chi connectivity index (χ3v) is 2.15. The van der Waals surface area contributed by atoms with Gasteiger partial charge in [0.15, 0.2) is 0 Å². The Labute approximate surface area is 86.2 Å². The molecule has 4 heteroatoms. The lowest BCUT2D eigenvalue weighted by Gasteiger charge is -2.31. The first-order valence-electron chi connectivity index (χ1n) is 5.09. The van der Waals surface area contributed by atoms with Crippen molar-refractivity contribution in [1.82, 2.24) is 4.90 Å². The Hall–Kier alpha value is -0.610. The molecule has 1 unspecified atom stereocenters. The monoisotopic (exact) mass is 203 g/mol. The first-order valence-corrected chi connectivity index (χ1v) is 5.09. The van der Waals surface area contributed by atoms with E-state index in [9.17, 15) is 4.79 Å². The van der Waals surface area contributed by atoms with Crippen LogP contribution in [-0.4, -0.2) is 50.8 Å². The molecule has 14 heavy (non-hydrogen) atoms. The summed E-state index contributed by atoms with van der Waals surface area (Å²) in [6.45, 7) is 6.28. The zero-order valence-corrected chi connectivity index (χ0v) is 9.58. The van der Waals surface area contributed by atoms with Crippen LogP contribution in [-0.2, 0) is 14.3 Å². The van der Waals surface area contributed by atoms with E-state index in [1.807, 2.05) is 20.9 Å². The number of ether oxygens (including phenoxy) is 2. The molecular weight excluding hydrogens is 182 g/mol. The largest absolute Gasteiger partial charge is 0.469 e. The smallest absolute Gasteiger partial charge is 0.307 e. The number of hydrogen-bond acceptors (Lipinski definition) is 4. The van der Waals surface area contributed by atoms with Crippen LogP contribution >= 0.6 is 0 Å². The van der Waals surface area contributed by atoms with Gasteiger partial charge in [0.2, 0.25) is 0 Å². The summed E-state index contributed by atoms with van der Waals surface area (Å²) >= 11 is 0. The molecular formula is C10H21NO3. The molecule has 0 aromatic rings. The van der Waals surface area contributed by atoms with Crippen LogP contribution in [0.15, 0.2) is 0 Å². The molecule has 4 nitrogen and oxygen atoms in total. The van der Waals surface area contributed by atoms with Crippen molar-refractivity contribution in [2.75, 3.05) is 33.9 Å². The Balaban J connectivity index is 0.000000791. The zero-order chi connectivity index (χ0) is 11.0. The Morgan fingerprint density at radius 3 is 2.71 bits per heavy atom. The SMILES string of the molecule is CC.COC(=O)CC1COCCN1C. The second-order valence-corrected chi connectivity index (χ2v) is 2.99. The molecule has 1 fully saturated rings. The molecule has 0 saturated carbocycles. The van der Waals surface area contributed by atoms with Crippen LogP contribution < -0.4 is 0 Å². The number of nitrogens with zero attached hydrogens (tertiary/aromatic N) is 1. The molecule has 84 valence electrons. The average Bonchev–Trinajstić information content (AvgIpc) is 2.24. The van der Waals surface area contributed by atoms with E-state index < -0.39 is 0 Å². The molecule has 1 aliphatic heterocycles. The van der Waals surface area contributed by atoms with Crippen molar-refractivity contribution in [1.29, 1.82) is 0 Å². The van der Waals surface area contributed by atoms with Gasteiger partial charge in [-0.15, -0.1) is 0 Å². The van der Waals surface area contributed by atoms with Crippen molar-refractivity contribution in [2.24, 2.45) is 0 Å². The summed E-state index contributed by atoms with van der Waals surface area (Å²) in [5.74, 6) is -0.169. The standard InChI is InChI=1S/C8H15NO3.C2H6/c1-9-3-4-12-6-7(9)5-8(10)11-2;1-2/h7H,3-6H2,1-2H3;1-2H3. The van der Waals surface area contributed by atoms with Crippen molar-refractivity contribution >= 4 is 5.97 Å². The van der Waals surface area contributed by atoms with Crippen molar-refractivity contribution in [2.45, 2.75) is 26.3 Å². The number of likely N-dealkylation sites (N-methyl/N-ethyl adjacent to an activating group) is 1. The van der Waals surface area contributed by atoms with Crippen LogP contribution in [0.1, 0.15) is 20.3 Å². The second kappa shape index (κ2) is 7.76. The zero-order valence-electron chi connectivity index (χ0n) is 9.58. The molecule has 0 amide bonds. The minimum absolute atomic E-state index is 0.169. The maximum absolute atomic E-state index is 10.9.